The molecule has 1 aliphatic heterocycles. The van der Waals surface area contributed by atoms with Gasteiger partial charge in [-0.3, -0.25) is 9.79 Å². The molecule has 2 aromatic carbocycles. The molecule has 160 valence electrons. The SMILES string of the molecule is C=Nc1ccccc1NCC1C2Cc3ccc(Oc4ccnc5c4CCC(=O)N5)cc3C12. The molecule has 6 heteroatoms. The number of nitrogens with one attached hydrogen (secondary N) is 2. The average Bonchev–Trinajstić information content (AvgIpc) is 3.36. The van der Waals surface area contributed by atoms with Gasteiger partial charge < -0.3 is 15.4 Å². The van der Waals surface area contributed by atoms with E-state index in [-0.39, 0.29) is 5.91 Å². The molecule has 32 heavy (non-hydrogen) atoms. The zero-order chi connectivity index (χ0) is 21.7. The van der Waals surface area contributed by atoms with E-state index < -0.39 is 0 Å². The van der Waals surface area contributed by atoms with Crippen LogP contribution in [0.5, 0.6) is 11.5 Å². The van der Waals surface area contributed by atoms with Gasteiger partial charge in [-0.25, -0.2) is 4.98 Å². The van der Waals surface area contributed by atoms with Crippen LogP contribution in [0, 0.1) is 11.8 Å². The molecule has 2 heterocycles. The van der Waals surface area contributed by atoms with E-state index in [9.17, 15) is 4.79 Å². The summed E-state index contributed by atoms with van der Waals surface area (Å²) in [5.74, 6) is 4.13. The standard InChI is InChI=1S/C26H24N4O2/c1-27-21-4-2-3-5-22(21)29-14-20-19-12-15-6-7-16(13-18(15)25(19)20)32-23-10-11-28-26-17(23)8-9-24(31)30-26/h2-7,10-11,13,19-20,25,29H,1,8-9,12,14H2,(H,28,30,31). The highest BCUT2D eigenvalue weighted by Gasteiger charge is 2.55. The van der Waals surface area contributed by atoms with E-state index in [0.29, 0.717) is 36.4 Å². The Morgan fingerprint density at radius 3 is 3.00 bits per heavy atom. The Morgan fingerprint density at radius 2 is 2.09 bits per heavy atom. The molecule has 6 rings (SSSR count). The lowest BCUT2D eigenvalue weighted by Gasteiger charge is -2.19. The first kappa shape index (κ1) is 19.0. The van der Waals surface area contributed by atoms with Crippen molar-refractivity contribution in [2.75, 3.05) is 17.2 Å². The van der Waals surface area contributed by atoms with Crippen LogP contribution in [0.1, 0.15) is 29.0 Å². The van der Waals surface area contributed by atoms with Gasteiger partial charge >= 0.3 is 0 Å². The van der Waals surface area contributed by atoms with Gasteiger partial charge in [0, 0.05) is 24.7 Å². The van der Waals surface area contributed by atoms with Crippen molar-refractivity contribution in [3.63, 3.8) is 0 Å². The van der Waals surface area contributed by atoms with E-state index in [4.69, 9.17) is 4.74 Å². The topological polar surface area (TPSA) is 75.6 Å². The third-order valence-corrected chi connectivity index (χ3v) is 6.97. The summed E-state index contributed by atoms with van der Waals surface area (Å²) in [4.78, 5) is 20.1. The molecule has 2 aliphatic carbocycles. The van der Waals surface area contributed by atoms with Crippen LogP contribution in [0.3, 0.4) is 0 Å². The first-order chi connectivity index (χ1) is 15.7. The summed E-state index contributed by atoms with van der Waals surface area (Å²) in [7, 11) is 0. The number of carbonyl (C=O) groups is 1. The molecule has 1 amide bonds. The molecule has 6 nitrogen and oxygen atoms in total. The Balaban J connectivity index is 1.18. The number of carbonyl (C=O) groups excluding carboxylic acids is 1. The van der Waals surface area contributed by atoms with Crippen LogP contribution in [0.4, 0.5) is 17.2 Å². The molecule has 0 bridgehead atoms. The second kappa shape index (κ2) is 7.48. The Kier molecular flexibility index (Phi) is 4.45. The van der Waals surface area contributed by atoms with Gasteiger partial charge in [0.25, 0.3) is 0 Å². The van der Waals surface area contributed by atoms with Crippen LogP contribution in [0.15, 0.2) is 59.7 Å². The highest BCUT2D eigenvalue weighted by Crippen LogP contribution is 2.61. The van der Waals surface area contributed by atoms with Crippen molar-refractivity contribution in [2.45, 2.75) is 25.2 Å². The van der Waals surface area contributed by atoms with Gasteiger partial charge in [0.15, 0.2) is 0 Å². The highest BCUT2D eigenvalue weighted by molar-refractivity contribution is 5.93. The largest absolute Gasteiger partial charge is 0.457 e. The Hall–Kier alpha value is -3.67. The van der Waals surface area contributed by atoms with Crippen molar-refractivity contribution in [1.29, 1.82) is 0 Å². The molecule has 1 aromatic heterocycles. The van der Waals surface area contributed by atoms with Crippen LogP contribution >= 0.6 is 0 Å². The van der Waals surface area contributed by atoms with Crippen molar-refractivity contribution in [3.05, 3.63) is 71.4 Å². The summed E-state index contributed by atoms with van der Waals surface area (Å²) >= 11 is 0. The van der Waals surface area contributed by atoms with Crippen LogP contribution in [0.25, 0.3) is 0 Å². The van der Waals surface area contributed by atoms with E-state index in [1.807, 2.05) is 24.3 Å². The summed E-state index contributed by atoms with van der Waals surface area (Å²) in [6, 6.07) is 16.4. The normalized spacial score (nSPS) is 22.2. The summed E-state index contributed by atoms with van der Waals surface area (Å²) in [5.41, 5.74) is 5.74. The molecule has 0 saturated heterocycles. The number of anilines is 2. The first-order valence-electron chi connectivity index (χ1n) is 11.1. The van der Waals surface area contributed by atoms with E-state index in [0.717, 1.165) is 41.4 Å². The fraction of sp³-hybridized carbons (Fsp3) is 0.269. The minimum absolute atomic E-state index is 0.00519. The number of pyridine rings is 1. The zero-order valence-electron chi connectivity index (χ0n) is 17.7. The van der Waals surface area contributed by atoms with Crippen molar-refractivity contribution in [2.24, 2.45) is 16.8 Å². The van der Waals surface area contributed by atoms with E-state index in [2.05, 4.69) is 51.6 Å². The molecule has 2 N–H and O–H groups in total. The molecule has 1 saturated carbocycles. The van der Waals surface area contributed by atoms with E-state index in [1.165, 1.54) is 11.1 Å². The van der Waals surface area contributed by atoms with Crippen LogP contribution < -0.4 is 15.4 Å². The number of aromatic nitrogens is 1. The van der Waals surface area contributed by atoms with Crippen molar-refractivity contribution in [3.8, 4) is 11.5 Å². The summed E-state index contributed by atoms with van der Waals surface area (Å²) in [6.07, 6.45) is 3.92. The molecule has 3 unspecified atom stereocenters. The molecule has 1 fully saturated rings. The van der Waals surface area contributed by atoms with E-state index in [1.54, 1.807) is 6.20 Å². The highest BCUT2D eigenvalue weighted by atomic mass is 16.5. The summed E-state index contributed by atoms with van der Waals surface area (Å²) in [6.45, 7) is 4.60. The Morgan fingerprint density at radius 1 is 1.19 bits per heavy atom. The molecule has 0 radical (unpaired) electrons. The number of para-hydroxylation sites is 2. The number of ether oxygens (including phenoxy) is 1. The van der Waals surface area contributed by atoms with Gasteiger partial charge in [0.05, 0.1) is 11.4 Å². The number of hydrogen-bond acceptors (Lipinski definition) is 5. The number of benzene rings is 2. The van der Waals surface area contributed by atoms with Gasteiger partial charge in [-0.05, 0) is 78.8 Å². The van der Waals surface area contributed by atoms with Gasteiger partial charge in [-0.15, -0.1) is 0 Å². The number of amides is 1. The third kappa shape index (κ3) is 3.23. The molecule has 3 aliphatic rings. The number of nitrogens with zero attached hydrogens (tertiary/aromatic N) is 2. The summed E-state index contributed by atoms with van der Waals surface area (Å²) in [5, 5.41) is 6.41. The minimum atomic E-state index is 0.00519. The predicted octanol–water partition coefficient (Wildman–Crippen LogP) is 5.09. The lowest BCUT2D eigenvalue weighted by atomic mass is 10.0. The molecule has 3 aromatic rings. The Labute approximate surface area is 186 Å². The van der Waals surface area contributed by atoms with Crippen molar-refractivity contribution < 1.29 is 9.53 Å². The van der Waals surface area contributed by atoms with Gasteiger partial charge in [-0.1, -0.05) is 18.2 Å². The molecule has 0 spiro atoms. The maximum atomic E-state index is 11.7. The van der Waals surface area contributed by atoms with Crippen molar-refractivity contribution in [1.82, 2.24) is 4.98 Å². The van der Waals surface area contributed by atoms with Crippen LogP contribution in [0.2, 0.25) is 0 Å². The molecular weight excluding hydrogens is 400 g/mol. The third-order valence-electron chi connectivity index (χ3n) is 6.97. The quantitative estimate of drug-likeness (QED) is 0.541. The summed E-state index contributed by atoms with van der Waals surface area (Å²) < 4.78 is 6.27. The smallest absolute Gasteiger partial charge is 0.225 e. The number of aliphatic imine (C=N–C) groups is 1. The first-order valence-corrected chi connectivity index (χ1v) is 11.1. The maximum absolute atomic E-state index is 11.7. The monoisotopic (exact) mass is 424 g/mol. The van der Waals surface area contributed by atoms with Gasteiger partial charge in [0.2, 0.25) is 5.91 Å². The molecule has 3 atom stereocenters. The second-order valence-electron chi connectivity index (χ2n) is 8.76. The van der Waals surface area contributed by atoms with Crippen LogP contribution in [-0.2, 0) is 17.6 Å². The second-order valence-corrected chi connectivity index (χ2v) is 8.76. The lowest BCUT2D eigenvalue weighted by molar-refractivity contribution is -0.116. The zero-order valence-corrected chi connectivity index (χ0v) is 17.7. The van der Waals surface area contributed by atoms with E-state index >= 15 is 0 Å². The maximum Gasteiger partial charge on any atom is 0.225 e. The molecular formula is C26H24N4O2. The number of hydrogen-bond donors (Lipinski definition) is 2. The fourth-order valence-corrected chi connectivity index (χ4v) is 5.32. The van der Waals surface area contributed by atoms with Gasteiger partial charge in [0.1, 0.15) is 17.3 Å². The lowest BCUT2D eigenvalue weighted by Crippen LogP contribution is -2.20. The Bertz CT molecular complexity index is 1240. The number of rotatable bonds is 6. The average molecular weight is 425 g/mol. The van der Waals surface area contributed by atoms with Gasteiger partial charge in [-0.2, -0.15) is 0 Å². The van der Waals surface area contributed by atoms with Crippen LogP contribution in [-0.4, -0.2) is 24.2 Å². The predicted molar refractivity (Wildman–Crippen MR) is 125 cm³/mol. The number of fused-ring (bicyclic) bond motifs is 4. The minimum Gasteiger partial charge on any atom is -0.457 e. The fourth-order valence-electron chi connectivity index (χ4n) is 5.32. The van der Waals surface area contributed by atoms with Crippen molar-refractivity contribution >= 4 is 29.8 Å².